The number of aromatic nitrogens is 1. The largest absolute Gasteiger partial charge is 0.331 e. The van der Waals surface area contributed by atoms with E-state index in [1.807, 2.05) is 24.3 Å². The van der Waals surface area contributed by atoms with E-state index in [2.05, 4.69) is 40.3 Å². The highest BCUT2D eigenvalue weighted by Crippen LogP contribution is 2.27. The molecule has 0 amide bonds. The lowest BCUT2D eigenvalue weighted by Crippen LogP contribution is -2.83. The standard InChI is InChI=1S/C18H15FN2/c19-15-8-3-2-7-14(15)18-17-10-5-11-21(17)16-9-4-1-6-13(16)12-20-18/h1-11,18,20H,12H2/p+1. The Morgan fingerprint density at radius 2 is 1.76 bits per heavy atom. The van der Waals surface area contributed by atoms with E-state index >= 15 is 0 Å². The average Bonchev–Trinajstić information content (AvgIpc) is 2.93. The third kappa shape index (κ3) is 1.98. The van der Waals surface area contributed by atoms with Crippen molar-refractivity contribution in [2.24, 2.45) is 0 Å². The molecule has 1 aromatic heterocycles. The van der Waals surface area contributed by atoms with Crippen molar-refractivity contribution in [3.8, 4) is 5.69 Å². The van der Waals surface area contributed by atoms with Crippen LogP contribution in [0, 0.1) is 5.82 Å². The fourth-order valence-corrected chi connectivity index (χ4v) is 3.16. The summed E-state index contributed by atoms with van der Waals surface area (Å²) >= 11 is 0. The van der Waals surface area contributed by atoms with E-state index in [4.69, 9.17) is 0 Å². The second kappa shape index (κ2) is 4.86. The van der Waals surface area contributed by atoms with Crippen LogP contribution in [0.2, 0.25) is 0 Å². The molecule has 0 bridgehead atoms. The monoisotopic (exact) mass is 279 g/mol. The maximum absolute atomic E-state index is 14.2. The Balaban J connectivity index is 1.90. The van der Waals surface area contributed by atoms with Crippen molar-refractivity contribution in [2.75, 3.05) is 0 Å². The van der Waals surface area contributed by atoms with Gasteiger partial charge in [0, 0.05) is 11.8 Å². The molecule has 21 heavy (non-hydrogen) atoms. The van der Waals surface area contributed by atoms with E-state index in [0.717, 1.165) is 17.8 Å². The fourth-order valence-electron chi connectivity index (χ4n) is 3.16. The summed E-state index contributed by atoms with van der Waals surface area (Å²) < 4.78 is 16.4. The number of nitrogens with zero attached hydrogens (tertiary/aromatic N) is 1. The first-order chi connectivity index (χ1) is 10.3. The smallest absolute Gasteiger partial charge is 0.156 e. The van der Waals surface area contributed by atoms with Crippen LogP contribution < -0.4 is 5.32 Å². The molecule has 3 aromatic rings. The van der Waals surface area contributed by atoms with Crippen LogP contribution in [0.3, 0.4) is 0 Å². The van der Waals surface area contributed by atoms with Gasteiger partial charge in [-0.1, -0.05) is 30.3 Å². The van der Waals surface area contributed by atoms with Gasteiger partial charge < -0.3 is 9.88 Å². The van der Waals surface area contributed by atoms with E-state index < -0.39 is 0 Å². The van der Waals surface area contributed by atoms with Crippen LogP contribution in [-0.2, 0) is 6.54 Å². The van der Waals surface area contributed by atoms with Gasteiger partial charge in [-0.05, 0) is 30.3 Å². The van der Waals surface area contributed by atoms with Gasteiger partial charge in [0.15, 0.2) is 6.04 Å². The number of nitrogens with two attached hydrogens (primary N) is 1. The molecule has 1 atom stereocenters. The zero-order valence-electron chi connectivity index (χ0n) is 11.5. The molecule has 0 radical (unpaired) electrons. The lowest BCUT2D eigenvalue weighted by molar-refractivity contribution is -0.702. The SMILES string of the molecule is Fc1ccccc1C1[NH2+]Cc2ccccc2-n2cccc21. The van der Waals surface area contributed by atoms with E-state index in [1.54, 1.807) is 6.07 Å². The molecule has 2 aromatic carbocycles. The van der Waals surface area contributed by atoms with E-state index in [9.17, 15) is 4.39 Å². The molecule has 0 spiro atoms. The predicted octanol–water partition coefficient (Wildman–Crippen LogP) is 2.78. The number of para-hydroxylation sites is 1. The number of benzene rings is 2. The van der Waals surface area contributed by atoms with Crippen LogP contribution in [0.1, 0.15) is 22.9 Å². The average molecular weight is 279 g/mol. The van der Waals surface area contributed by atoms with Gasteiger partial charge >= 0.3 is 0 Å². The molecule has 4 rings (SSSR count). The molecule has 2 nitrogen and oxygen atoms in total. The van der Waals surface area contributed by atoms with Crippen molar-refractivity contribution in [2.45, 2.75) is 12.6 Å². The van der Waals surface area contributed by atoms with Gasteiger partial charge in [0.2, 0.25) is 0 Å². The Morgan fingerprint density at radius 3 is 2.67 bits per heavy atom. The first-order valence-electron chi connectivity index (χ1n) is 7.18. The topological polar surface area (TPSA) is 21.5 Å². The van der Waals surface area contributed by atoms with Crippen molar-refractivity contribution in [3.63, 3.8) is 0 Å². The van der Waals surface area contributed by atoms with Crippen molar-refractivity contribution < 1.29 is 9.71 Å². The molecule has 0 saturated heterocycles. The van der Waals surface area contributed by atoms with E-state index in [1.165, 1.54) is 17.3 Å². The summed E-state index contributed by atoms with van der Waals surface area (Å²) in [6.07, 6.45) is 2.06. The molecule has 2 heterocycles. The van der Waals surface area contributed by atoms with Crippen molar-refractivity contribution in [1.29, 1.82) is 0 Å². The quantitative estimate of drug-likeness (QED) is 0.707. The minimum absolute atomic E-state index is 0.0198. The molecule has 0 fully saturated rings. The maximum atomic E-state index is 14.2. The number of hydrogen-bond acceptors (Lipinski definition) is 0. The van der Waals surface area contributed by atoms with Gasteiger partial charge in [-0.15, -0.1) is 0 Å². The molecule has 0 aliphatic carbocycles. The summed E-state index contributed by atoms with van der Waals surface area (Å²) in [6, 6.07) is 19.5. The van der Waals surface area contributed by atoms with Gasteiger partial charge in [0.1, 0.15) is 12.4 Å². The molecule has 1 unspecified atom stereocenters. The molecule has 0 saturated carbocycles. The van der Waals surface area contributed by atoms with Gasteiger partial charge in [0.25, 0.3) is 0 Å². The summed E-state index contributed by atoms with van der Waals surface area (Å²) in [7, 11) is 0. The Hall–Kier alpha value is -2.39. The third-order valence-corrected chi connectivity index (χ3v) is 4.16. The molecule has 3 heteroatoms. The highest BCUT2D eigenvalue weighted by atomic mass is 19.1. The Morgan fingerprint density at radius 1 is 0.952 bits per heavy atom. The maximum Gasteiger partial charge on any atom is 0.156 e. The molecular weight excluding hydrogens is 263 g/mol. The van der Waals surface area contributed by atoms with Gasteiger partial charge in [-0.25, -0.2) is 4.39 Å². The van der Waals surface area contributed by atoms with E-state index in [0.29, 0.717) is 0 Å². The zero-order valence-corrected chi connectivity index (χ0v) is 11.5. The van der Waals surface area contributed by atoms with Crippen LogP contribution in [0.4, 0.5) is 4.39 Å². The van der Waals surface area contributed by atoms with Crippen LogP contribution >= 0.6 is 0 Å². The summed E-state index contributed by atoms with van der Waals surface area (Å²) in [5.41, 5.74) is 4.32. The van der Waals surface area contributed by atoms with Crippen LogP contribution in [0.25, 0.3) is 5.69 Å². The number of fused-ring (bicyclic) bond motifs is 3. The summed E-state index contributed by atoms with van der Waals surface area (Å²) in [5, 5.41) is 2.20. The molecule has 2 N–H and O–H groups in total. The van der Waals surface area contributed by atoms with Gasteiger partial charge in [-0.2, -0.15) is 0 Å². The van der Waals surface area contributed by atoms with Crippen LogP contribution in [-0.4, -0.2) is 4.57 Å². The first kappa shape index (κ1) is 12.4. The lowest BCUT2D eigenvalue weighted by Gasteiger charge is -2.15. The molecular formula is C18H16FN2+. The summed E-state index contributed by atoms with van der Waals surface area (Å²) in [5.74, 6) is -0.141. The summed E-state index contributed by atoms with van der Waals surface area (Å²) in [6.45, 7) is 0.844. The summed E-state index contributed by atoms with van der Waals surface area (Å²) in [4.78, 5) is 0. The van der Waals surface area contributed by atoms with Gasteiger partial charge in [0.05, 0.1) is 16.9 Å². The predicted molar refractivity (Wildman–Crippen MR) is 79.6 cm³/mol. The zero-order chi connectivity index (χ0) is 14.2. The Bertz CT molecular complexity index is 791. The Labute approximate surface area is 122 Å². The van der Waals surface area contributed by atoms with Gasteiger partial charge in [-0.3, -0.25) is 0 Å². The molecule has 1 aliphatic heterocycles. The highest BCUT2D eigenvalue weighted by molar-refractivity contribution is 5.45. The number of hydrogen-bond donors (Lipinski definition) is 1. The minimum Gasteiger partial charge on any atom is -0.331 e. The van der Waals surface area contributed by atoms with Crippen molar-refractivity contribution in [1.82, 2.24) is 4.57 Å². The van der Waals surface area contributed by atoms with Crippen molar-refractivity contribution in [3.05, 3.63) is 89.5 Å². The second-order valence-corrected chi connectivity index (χ2v) is 5.37. The lowest BCUT2D eigenvalue weighted by atomic mass is 10.0. The van der Waals surface area contributed by atoms with E-state index in [-0.39, 0.29) is 11.9 Å². The van der Waals surface area contributed by atoms with Crippen molar-refractivity contribution >= 4 is 0 Å². The Kier molecular flexibility index (Phi) is 2.86. The number of halogens is 1. The highest BCUT2D eigenvalue weighted by Gasteiger charge is 2.27. The molecule has 1 aliphatic rings. The van der Waals surface area contributed by atoms with Crippen LogP contribution in [0.5, 0.6) is 0 Å². The molecule has 104 valence electrons. The number of rotatable bonds is 1. The fraction of sp³-hybridized carbons (Fsp3) is 0.111. The minimum atomic E-state index is -0.141. The van der Waals surface area contributed by atoms with Crippen LogP contribution in [0.15, 0.2) is 66.9 Å². The number of quaternary nitrogens is 1. The second-order valence-electron chi connectivity index (χ2n) is 5.37. The normalized spacial score (nSPS) is 16.9. The first-order valence-corrected chi connectivity index (χ1v) is 7.18. The third-order valence-electron chi connectivity index (χ3n) is 4.16.